The van der Waals surface area contributed by atoms with E-state index in [9.17, 15) is 4.57 Å². The SMILES string of the molecule is CCCOP(=O)(OCCC)c1ccc(Cc2nc3ccccc3s2)cc1. The summed E-state index contributed by atoms with van der Waals surface area (Å²) < 4.78 is 25.4. The number of thiazole rings is 1. The normalized spacial score (nSPS) is 11.9. The first-order valence-corrected chi connectivity index (χ1v) is 11.3. The first-order valence-electron chi connectivity index (χ1n) is 8.97. The van der Waals surface area contributed by atoms with Gasteiger partial charge >= 0.3 is 7.60 Å². The topological polar surface area (TPSA) is 48.4 Å². The average Bonchev–Trinajstić information content (AvgIpc) is 3.07. The van der Waals surface area contributed by atoms with Crippen molar-refractivity contribution in [3.05, 3.63) is 59.1 Å². The second-order valence-corrected chi connectivity index (χ2v) is 9.23. The molecule has 0 aliphatic rings. The minimum absolute atomic E-state index is 0.425. The summed E-state index contributed by atoms with van der Waals surface area (Å²) >= 11 is 1.71. The molecule has 0 saturated carbocycles. The Bertz CT molecular complexity index is 846. The molecule has 0 saturated heterocycles. The van der Waals surface area contributed by atoms with E-state index in [4.69, 9.17) is 9.05 Å². The van der Waals surface area contributed by atoms with Gasteiger partial charge in [0.2, 0.25) is 0 Å². The summed E-state index contributed by atoms with van der Waals surface area (Å²) in [7, 11) is -3.24. The number of para-hydroxylation sites is 1. The van der Waals surface area contributed by atoms with E-state index >= 15 is 0 Å². The van der Waals surface area contributed by atoms with Gasteiger partial charge < -0.3 is 9.05 Å². The number of hydrogen-bond acceptors (Lipinski definition) is 5. The maximum Gasteiger partial charge on any atom is 0.361 e. The van der Waals surface area contributed by atoms with Gasteiger partial charge in [-0.2, -0.15) is 0 Å². The van der Waals surface area contributed by atoms with Gasteiger partial charge in [0, 0.05) is 6.42 Å². The summed E-state index contributed by atoms with van der Waals surface area (Å²) in [5, 5.41) is 1.69. The zero-order valence-corrected chi connectivity index (χ0v) is 16.9. The van der Waals surface area contributed by atoms with Gasteiger partial charge in [-0.3, -0.25) is 4.57 Å². The van der Waals surface area contributed by atoms with Gasteiger partial charge in [0.25, 0.3) is 0 Å². The number of nitrogens with zero attached hydrogens (tertiary/aromatic N) is 1. The highest BCUT2D eigenvalue weighted by Gasteiger charge is 2.27. The number of benzene rings is 2. The van der Waals surface area contributed by atoms with Crippen LogP contribution in [0.4, 0.5) is 0 Å². The Kier molecular flexibility index (Phi) is 6.60. The Morgan fingerprint density at radius 3 is 2.23 bits per heavy atom. The van der Waals surface area contributed by atoms with Crippen molar-refractivity contribution in [2.24, 2.45) is 0 Å². The van der Waals surface area contributed by atoms with Crippen molar-refractivity contribution < 1.29 is 13.6 Å². The molecule has 26 heavy (non-hydrogen) atoms. The third-order valence-corrected chi connectivity index (χ3v) is 6.89. The summed E-state index contributed by atoms with van der Waals surface area (Å²) in [5.41, 5.74) is 2.17. The fraction of sp³-hybridized carbons (Fsp3) is 0.350. The molecule has 0 aliphatic carbocycles. The van der Waals surface area contributed by atoms with E-state index in [2.05, 4.69) is 11.1 Å². The quantitative estimate of drug-likeness (QED) is 0.450. The number of rotatable bonds is 9. The molecule has 0 fully saturated rings. The summed E-state index contributed by atoms with van der Waals surface area (Å²) in [6.45, 7) is 4.83. The van der Waals surface area contributed by atoms with Crippen molar-refractivity contribution >= 4 is 34.5 Å². The first-order chi connectivity index (χ1) is 12.6. The van der Waals surface area contributed by atoms with E-state index in [0.717, 1.165) is 35.4 Å². The van der Waals surface area contributed by atoms with Crippen LogP contribution in [0.2, 0.25) is 0 Å². The third-order valence-electron chi connectivity index (χ3n) is 3.88. The second-order valence-electron chi connectivity index (χ2n) is 6.08. The van der Waals surface area contributed by atoms with Crippen LogP contribution in [0.15, 0.2) is 48.5 Å². The molecule has 0 amide bonds. The van der Waals surface area contributed by atoms with Crippen molar-refractivity contribution in [2.45, 2.75) is 33.1 Å². The smallest absolute Gasteiger partial charge is 0.305 e. The van der Waals surface area contributed by atoms with Crippen LogP contribution in [0.3, 0.4) is 0 Å². The van der Waals surface area contributed by atoms with Crippen molar-refractivity contribution in [2.75, 3.05) is 13.2 Å². The standard InChI is InChI=1S/C20H24NO3PS/c1-3-13-23-25(22,24-14-4-2)17-11-9-16(10-12-17)15-20-21-18-7-5-6-8-19(18)26-20/h5-12H,3-4,13-15H2,1-2H3. The first kappa shape index (κ1) is 19.2. The number of hydrogen-bond donors (Lipinski definition) is 0. The lowest BCUT2D eigenvalue weighted by Gasteiger charge is -2.18. The molecule has 0 unspecified atom stereocenters. The molecule has 6 heteroatoms. The number of aromatic nitrogens is 1. The highest BCUT2D eigenvalue weighted by molar-refractivity contribution is 7.62. The molecular formula is C20H24NO3PS. The third kappa shape index (κ3) is 4.60. The van der Waals surface area contributed by atoms with Crippen LogP contribution >= 0.6 is 18.9 Å². The fourth-order valence-electron chi connectivity index (χ4n) is 2.58. The molecule has 4 nitrogen and oxygen atoms in total. The van der Waals surface area contributed by atoms with E-state index in [0.29, 0.717) is 18.5 Å². The van der Waals surface area contributed by atoms with Crippen molar-refractivity contribution in [1.82, 2.24) is 4.98 Å². The van der Waals surface area contributed by atoms with Gasteiger partial charge in [-0.15, -0.1) is 11.3 Å². The zero-order valence-electron chi connectivity index (χ0n) is 15.2. The van der Waals surface area contributed by atoms with Gasteiger partial charge in [-0.1, -0.05) is 38.1 Å². The average molecular weight is 389 g/mol. The Labute approximate surface area is 158 Å². The lowest BCUT2D eigenvalue weighted by atomic mass is 10.2. The molecule has 3 aromatic rings. The van der Waals surface area contributed by atoms with E-state index in [1.807, 2.05) is 56.3 Å². The molecule has 138 valence electrons. The lowest BCUT2D eigenvalue weighted by Crippen LogP contribution is -2.11. The number of fused-ring (bicyclic) bond motifs is 1. The maximum absolute atomic E-state index is 13.1. The van der Waals surface area contributed by atoms with E-state index in [1.165, 1.54) is 4.70 Å². The molecule has 1 aromatic heterocycles. The van der Waals surface area contributed by atoms with Crippen LogP contribution in [-0.4, -0.2) is 18.2 Å². The van der Waals surface area contributed by atoms with Crippen LogP contribution in [0.25, 0.3) is 10.2 Å². The minimum atomic E-state index is -3.24. The predicted octanol–water partition coefficient (Wildman–Crippen LogP) is 5.56. The van der Waals surface area contributed by atoms with Gasteiger partial charge in [0.05, 0.1) is 33.7 Å². The van der Waals surface area contributed by atoms with Gasteiger partial charge in [0.1, 0.15) is 0 Å². The molecule has 0 radical (unpaired) electrons. The predicted molar refractivity (Wildman–Crippen MR) is 109 cm³/mol. The molecular weight excluding hydrogens is 365 g/mol. The van der Waals surface area contributed by atoms with Gasteiger partial charge in [-0.25, -0.2) is 4.98 Å². The molecule has 0 aliphatic heterocycles. The lowest BCUT2D eigenvalue weighted by molar-refractivity contribution is 0.213. The second kappa shape index (κ2) is 8.92. The molecule has 0 spiro atoms. The van der Waals surface area contributed by atoms with E-state index in [1.54, 1.807) is 11.3 Å². The van der Waals surface area contributed by atoms with E-state index < -0.39 is 7.60 Å². The van der Waals surface area contributed by atoms with Crippen molar-refractivity contribution in [3.63, 3.8) is 0 Å². The van der Waals surface area contributed by atoms with E-state index in [-0.39, 0.29) is 0 Å². The maximum atomic E-state index is 13.1. The Hall–Kier alpha value is -1.52. The highest BCUT2D eigenvalue weighted by atomic mass is 32.1. The van der Waals surface area contributed by atoms with Gasteiger partial charge in [-0.05, 0) is 42.7 Å². The van der Waals surface area contributed by atoms with Crippen molar-refractivity contribution in [1.29, 1.82) is 0 Å². The van der Waals surface area contributed by atoms with Gasteiger partial charge in [0.15, 0.2) is 0 Å². The molecule has 0 bridgehead atoms. The summed E-state index contributed by atoms with van der Waals surface area (Å²) in [6.07, 6.45) is 2.36. The highest BCUT2D eigenvalue weighted by Crippen LogP contribution is 2.47. The summed E-state index contributed by atoms with van der Waals surface area (Å²) in [5.74, 6) is 0. The molecule has 0 N–H and O–H groups in total. The van der Waals surface area contributed by atoms with Crippen LogP contribution in [0.1, 0.15) is 37.3 Å². The van der Waals surface area contributed by atoms with Crippen LogP contribution in [0.5, 0.6) is 0 Å². The Morgan fingerprint density at radius 1 is 0.962 bits per heavy atom. The Balaban J connectivity index is 1.76. The fourth-order valence-corrected chi connectivity index (χ4v) is 5.31. The monoisotopic (exact) mass is 389 g/mol. The van der Waals surface area contributed by atoms with Crippen LogP contribution < -0.4 is 5.30 Å². The molecule has 0 atom stereocenters. The Morgan fingerprint density at radius 2 is 1.62 bits per heavy atom. The molecule has 1 heterocycles. The molecule has 2 aromatic carbocycles. The molecule has 3 rings (SSSR count). The zero-order chi connectivity index (χ0) is 18.4. The minimum Gasteiger partial charge on any atom is -0.305 e. The summed E-state index contributed by atoms with van der Waals surface area (Å²) in [6, 6.07) is 15.8. The van der Waals surface area contributed by atoms with Crippen LogP contribution in [-0.2, 0) is 20.0 Å². The summed E-state index contributed by atoms with van der Waals surface area (Å²) in [4.78, 5) is 4.67. The van der Waals surface area contributed by atoms with Crippen molar-refractivity contribution in [3.8, 4) is 0 Å². The van der Waals surface area contributed by atoms with Crippen LogP contribution in [0, 0.1) is 0 Å². The largest absolute Gasteiger partial charge is 0.361 e.